The number of nitrogen functional groups attached to an aromatic ring is 1. The van der Waals surface area contributed by atoms with Gasteiger partial charge in [-0.25, -0.2) is 0 Å². The fraction of sp³-hybridized carbons (Fsp3) is 0.367. The minimum Gasteiger partial charge on any atom is -0.382 e. The second-order valence-corrected chi connectivity index (χ2v) is 10.4. The van der Waals surface area contributed by atoms with E-state index in [0.29, 0.717) is 23.5 Å². The lowest BCUT2D eigenvalue weighted by molar-refractivity contribution is -0.110. The number of aryl methyl sites for hydroxylation is 1. The van der Waals surface area contributed by atoms with Gasteiger partial charge in [-0.15, -0.1) is 0 Å². The Balaban J connectivity index is 1.50. The molecular weight excluding hydrogens is 490 g/mol. The van der Waals surface area contributed by atoms with E-state index in [4.69, 9.17) is 5.73 Å². The first-order chi connectivity index (χ1) is 18.7. The molecule has 0 spiro atoms. The van der Waals surface area contributed by atoms with E-state index in [2.05, 4.69) is 69.7 Å². The summed E-state index contributed by atoms with van der Waals surface area (Å²) < 4.78 is 0. The molecule has 2 aromatic heterocycles. The van der Waals surface area contributed by atoms with E-state index in [9.17, 15) is 9.59 Å². The molecule has 0 fully saturated rings. The van der Waals surface area contributed by atoms with Crippen LogP contribution in [0.1, 0.15) is 65.1 Å². The van der Waals surface area contributed by atoms with Gasteiger partial charge in [0.2, 0.25) is 0 Å². The lowest BCUT2D eigenvalue weighted by Gasteiger charge is -2.23. The third kappa shape index (κ3) is 4.78. The normalized spacial score (nSPS) is 18.9. The first-order valence-corrected chi connectivity index (χ1v) is 13.6. The zero-order valence-corrected chi connectivity index (χ0v) is 23.2. The van der Waals surface area contributed by atoms with E-state index < -0.39 is 0 Å². The number of carbonyl (C=O) groups excluding carboxylic acids is 2. The van der Waals surface area contributed by atoms with Crippen molar-refractivity contribution < 1.29 is 9.59 Å². The number of nitrogens with one attached hydrogen (secondary N) is 4. The maximum Gasteiger partial charge on any atom is 0.256 e. The summed E-state index contributed by atoms with van der Waals surface area (Å²) in [6, 6.07) is 5.96. The van der Waals surface area contributed by atoms with Crippen LogP contribution >= 0.6 is 0 Å². The van der Waals surface area contributed by atoms with Crippen LogP contribution in [0.3, 0.4) is 0 Å². The molecule has 2 aliphatic rings. The van der Waals surface area contributed by atoms with Crippen LogP contribution in [0.2, 0.25) is 0 Å². The Labute approximate surface area is 228 Å². The van der Waals surface area contributed by atoms with Crippen LogP contribution in [0.5, 0.6) is 0 Å². The van der Waals surface area contributed by atoms with Crippen molar-refractivity contribution in [3.63, 3.8) is 0 Å². The van der Waals surface area contributed by atoms with Crippen molar-refractivity contribution in [3.05, 3.63) is 62.4 Å². The van der Waals surface area contributed by atoms with Crippen molar-refractivity contribution in [2.24, 2.45) is 5.92 Å². The Morgan fingerprint density at radius 3 is 2.72 bits per heavy atom. The highest BCUT2D eigenvalue weighted by atomic mass is 16.2. The summed E-state index contributed by atoms with van der Waals surface area (Å²) in [7, 11) is 0. The summed E-state index contributed by atoms with van der Waals surface area (Å²) in [5.41, 5.74) is 12.4. The molecule has 5 rings (SSSR count). The molecular formula is C30H37N7O2. The summed E-state index contributed by atoms with van der Waals surface area (Å²) in [4.78, 5) is 31.9. The maximum atomic E-state index is 13.2. The van der Waals surface area contributed by atoms with Crippen molar-refractivity contribution in [2.75, 3.05) is 37.2 Å². The van der Waals surface area contributed by atoms with E-state index >= 15 is 0 Å². The minimum atomic E-state index is -0.162. The highest BCUT2D eigenvalue weighted by Gasteiger charge is 2.32. The van der Waals surface area contributed by atoms with Crippen molar-refractivity contribution in [1.29, 1.82) is 0 Å². The Kier molecular flexibility index (Phi) is 7.18. The number of hydrogen-bond donors (Lipinski definition) is 5. The fourth-order valence-corrected chi connectivity index (χ4v) is 5.80. The number of likely N-dealkylation sites (N-methyl/N-ethyl adjacent to an activating group) is 1. The zero-order chi connectivity index (χ0) is 27.8. The number of fused-ring (bicyclic) bond motifs is 2. The van der Waals surface area contributed by atoms with Gasteiger partial charge < -0.3 is 26.3 Å². The second kappa shape index (κ2) is 10.6. The summed E-state index contributed by atoms with van der Waals surface area (Å²) in [6.07, 6.45) is 6.15. The Morgan fingerprint density at radius 2 is 1.97 bits per heavy atom. The molecule has 2 unspecified atom stereocenters. The molecule has 204 valence electrons. The summed E-state index contributed by atoms with van der Waals surface area (Å²) in [5.74, 6) is 0.384. The number of anilines is 2. The first kappa shape index (κ1) is 26.5. The SMILES string of the molecule is CCN(CC)CCNC(=O)c1c(C)[nH]c(/C=C2\C(=O)Nc3cccc(C4C=c5c(N)n[nH]c5=CC4C)c32)c1C. The first-order valence-electron chi connectivity index (χ1n) is 13.6. The Hall–Kier alpha value is -4.11. The molecule has 39 heavy (non-hydrogen) atoms. The van der Waals surface area contributed by atoms with Gasteiger partial charge >= 0.3 is 0 Å². The van der Waals surface area contributed by atoms with Crippen molar-refractivity contribution in [3.8, 4) is 0 Å². The van der Waals surface area contributed by atoms with Crippen LogP contribution in [0.25, 0.3) is 23.8 Å². The molecule has 9 heteroatoms. The summed E-state index contributed by atoms with van der Waals surface area (Å²) >= 11 is 0. The maximum absolute atomic E-state index is 13.2. The molecule has 9 nitrogen and oxygen atoms in total. The molecule has 1 aromatic carbocycles. The number of rotatable bonds is 8. The lowest BCUT2D eigenvalue weighted by Crippen LogP contribution is -2.35. The molecule has 0 saturated heterocycles. The topological polar surface area (TPSA) is 132 Å². The van der Waals surface area contributed by atoms with E-state index in [1.807, 2.05) is 32.1 Å². The van der Waals surface area contributed by atoms with Gasteiger partial charge in [0.15, 0.2) is 5.82 Å². The highest BCUT2D eigenvalue weighted by molar-refractivity contribution is 6.35. The van der Waals surface area contributed by atoms with Gasteiger partial charge in [0.05, 0.1) is 16.5 Å². The van der Waals surface area contributed by atoms with Gasteiger partial charge in [-0.2, -0.15) is 5.10 Å². The average Bonchev–Trinajstić information content (AvgIpc) is 3.53. The summed E-state index contributed by atoms with van der Waals surface area (Å²) in [5, 5.41) is 15.1. The number of H-pyrrole nitrogens is 2. The minimum absolute atomic E-state index is 0.0158. The third-order valence-electron chi connectivity index (χ3n) is 8.02. The number of aromatic nitrogens is 3. The lowest BCUT2D eigenvalue weighted by atomic mass is 9.80. The van der Waals surface area contributed by atoms with Gasteiger partial charge in [0, 0.05) is 46.9 Å². The quantitative estimate of drug-likeness (QED) is 0.287. The van der Waals surface area contributed by atoms with Crippen molar-refractivity contribution in [1.82, 2.24) is 25.4 Å². The van der Waals surface area contributed by atoms with Crippen LogP contribution in [-0.4, -0.2) is 58.1 Å². The molecule has 0 saturated carbocycles. The second-order valence-electron chi connectivity index (χ2n) is 10.4. The third-order valence-corrected chi connectivity index (χ3v) is 8.02. The fourth-order valence-electron chi connectivity index (χ4n) is 5.80. The number of nitrogens with zero attached hydrogens (tertiary/aromatic N) is 2. The Morgan fingerprint density at radius 1 is 1.21 bits per heavy atom. The molecule has 3 heterocycles. The predicted molar refractivity (Wildman–Crippen MR) is 156 cm³/mol. The van der Waals surface area contributed by atoms with Crippen molar-refractivity contribution >= 4 is 47.1 Å². The van der Waals surface area contributed by atoms with E-state index in [1.165, 1.54) is 0 Å². The number of carbonyl (C=O) groups is 2. The molecule has 2 amide bonds. The number of aromatic amines is 2. The predicted octanol–water partition coefficient (Wildman–Crippen LogP) is 2.50. The van der Waals surface area contributed by atoms with E-state index in [1.54, 1.807) is 0 Å². The van der Waals surface area contributed by atoms with Crippen LogP contribution in [-0.2, 0) is 4.79 Å². The smallest absolute Gasteiger partial charge is 0.256 e. The van der Waals surface area contributed by atoms with Crippen LogP contribution in [0.4, 0.5) is 11.5 Å². The van der Waals surface area contributed by atoms with Crippen LogP contribution < -0.4 is 26.9 Å². The number of benzene rings is 1. The van der Waals surface area contributed by atoms with E-state index in [0.717, 1.165) is 64.0 Å². The van der Waals surface area contributed by atoms with Gasteiger partial charge in [-0.3, -0.25) is 14.7 Å². The van der Waals surface area contributed by atoms with Crippen LogP contribution in [0.15, 0.2) is 18.2 Å². The monoisotopic (exact) mass is 527 g/mol. The van der Waals surface area contributed by atoms with Crippen molar-refractivity contribution in [2.45, 2.75) is 40.5 Å². The van der Waals surface area contributed by atoms with Gasteiger partial charge in [-0.1, -0.05) is 45.1 Å². The molecule has 1 aliphatic carbocycles. The largest absolute Gasteiger partial charge is 0.382 e. The standard InChI is InChI=1S/C30H37N7O2/c1-6-37(7-2)12-11-32-30(39)26-17(4)24(33-18(26)5)15-22-27-19(9-8-10-23(27)34-29(22)38)20-14-21-25(13-16(20)3)35-36-28(21)31/h8-10,13-16,20,33,35H,6-7,11-12H2,1-5H3,(H2,31,36)(H,32,39)(H,34,38)/b22-15-. The van der Waals surface area contributed by atoms with Gasteiger partial charge in [-0.05, 0) is 56.1 Å². The number of amides is 2. The Bertz CT molecular complexity index is 1590. The van der Waals surface area contributed by atoms with Gasteiger partial charge in [0.1, 0.15) is 0 Å². The molecule has 6 N–H and O–H groups in total. The molecule has 1 aliphatic heterocycles. The van der Waals surface area contributed by atoms with Gasteiger partial charge in [0.25, 0.3) is 11.8 Å². The molecule has 0 radical (unpaired) electrons. The number of hydrogen-bond acceptors (Lipinski definition) is 5. The van der Waals surface area contributed by atoms with Crippen LogP contribution in [0, 0.1) is 19.8 Å². The molecule has 3 aromatic rings. The number of nitrogens with two attached hydrogens (primary N) is 1. The van der Waals surface area contributed by atoms with E-state index in [-0.39, 0.29) is 23.7 Å². The summed E-state index contributed by atoms with van der Waals surface area (Å²) in [6.45, 7) is 13.5. The zero-order valence-electron chi connectivity index (χ0n) is 23.2. The molecule has 0 bridgehead atoms. The highest BCUT2D eigenvalue weighted by Crippen LogP contribution is 2.42. The molecule has 2 atom stereocenters. The average molecular weight is 528 g/mol.